The van der Waals surface area contributed by atoms with E-state index in [-0.39, 0.29) is 11.1 Å². The first-order chi connectivity index (χ1) is 10.4. The molecule has 0 aromatic carbocycles. The topological polar surface area (TPSA) is 12.5 Å². The normalized spacial score (nSPS) is 24.3. The van der Waals surface area contributed by atoms with Gasteiger partial charge in [0, 0.05) is 18.7 Å². The zero-order chi connectivity index (χ0) is 17.9. The van der Waals surface area contributed by atoms with Crippen LogP contribution in [-0.2, 0) is 4.74 Å². The molecule has 1 fully saturated rings. The fourth-order valence-corrected chi connectivity index (χ4v) is 4.83. The van der Waals surface area contributed by atoms with E-state index in [0.29, 0.717) is 5.41 Å². The number of hydrogen-bond acceptors (Lipinski definition) is 2. The minimum atomic E-state index is -0.0575. The second kappa shape index (κ2) is 7.87. The summed E-state index contributed by atoms with van der Waals surface area (Å²) < 4.78 is 5.67. The molecule has 138 valence electrons. The van der Waals surface area contributed by atoms with Crippen molar-refractivity contribution < 1.29 is 4.74 Å². The SMILES string of the molecule is CCCC(C)(C)C1CCC(N(C)C(C)(C)CC(C)(C)OC)CC1. The first kappa shape index (κ1) is 21.0. The Morgan fingerprint density at radius 2 is 1.48 bits per heavy atom. The van der Waals surface area contributed by atoms with Crippen molar-refractivity contribution in [3.63, 3.8) is 0 Å². The lowest BCUT2D eigenvalue weighted by Gasteiger charge is -2.48. The van der Waals surface area contributed by atoms with Gasteiger partial charge in [0.1, 0.15) is 0 Å². The molecule has 0 spiro atoms. The summed E-state index contributed by atoms with van der Waals surface area (Å²) in [5, 5.41) is 0. The summed E-state index contributed by atoms with van der Waals surface area (Å²) in [4.78, 5) is 2.64. The monoisotopic (exact) mass is 325 g/mol. The molecule has 0 bridgehead atoms. The standard InChI is InChI=1S/C21H43NO/c1-10-15-19(2,3)17-11-13-18(14-12-17)22(8)20(4,5)16-21(6,7)23-9/h17-18H,10-16H2,1-9H3. The van der Waals surface area contributed by atoms with Crippen molar-refractivity contribution in [2.24, 2.45) is 11.3 Å². The molecular weight excluding hydrogens is 282 g/mol. The highest BCUT2D eigenvalue weighted by Gasteiger charge is 2.38. The molecule has 1 saturated carbocycles. The van der Waals surface area contributed by atoms with Crippen LogP contribution in [0.3, 0.4) is 0 Å². The van der Waals surface area contributed by atoms with Gasteiger partial charge in [-0.25, -0.2) is 0 Å². The zero-order valence-corrected chi connectivity index (χ0v) is 17.5. The molecule has 1 aliphatic carbocycles. The lowest BCUT2D eigenvalue weighted by molar-refractivity contribution is -0.0421. The van der Waals surface area contributed by atoms with E-state index in [9.17, 15) is 0 Å². The predicted octanol–water partition coefficient (Wildman–Crippen LogP) is 5.90. The Kier molecular flexibility index (Phi) is 7.17. The van der Waals surface area contributed by atoms with Gasteiger partial charge in [-0.05, 0) is 84.6 Å². The van der Waals surface area contributed by atoms with Crippen LogP contribution in [0, 0.1) is 11.3 Å². The molecule has 2 nitrogen and oxygen atoms in total. The predicted molar refractivity (Wildman–Crippen MR) is 102 cm³/mol. The molecule has 23 heavy (non-hydrogen) atoms. The van der Waals surface area contributed by atoms with Crippen molar-refractivity contribution in [1.29, 1.82) is 0 Å². The van der Waals surface area contributed by atoms with Crippen molar-refractivity contribution in [2.75, 3.05) is 14.2 Å². The first-order valence-corrected chi connectivity index (χ1v) is 9.73. The number of methoxy groups -OCH3 is 1. The molecular formula is C21H43NO. The number of ether oxygens (including phenoxy) is 1. The molecule has 0 radical (unpaired) electrons. The third-order valence-corrected chi connectivity index (χ3v) is 6.61. The molecule has 0 aromatic rings. The fraction of sp³-hybridized carbons (Fsp3) is 1.00. The summed E-state index contributed by atoms with van der Waals surface area (Å²) in [6.45, 7) is 16.4. The Morgan fingerprint density at radius 3 is 1.91 bits per heavy atom. The van der Waals surface area contributed by atoms with Crippen LogP contribution in [0.5, 0.6) is 0 Å². The van der Waals surface area contributed by atoms with Crippen LogP contribution in [0.25, 0.3) is 0 Å². The summed E-state index contributed by atoms with van der Waals surface area (Å²) in [6, 6.07) is 0.728. The van der Waals surface area contributed by atoms with E-state index in [4.69, 9.17) is 4.74 Å². The summed E-state index contributed by atoms with van der Waals surface area (Å²) in [5.41, 5.74) is 0.639. The maximum atomic E-state index is 5.67. The van der Waals surface area contributed by atoms with E-state index in [1.54, 1.807) is 0 Å². The van der Waals surface area contributed by atoms with Crippen LogP contribution in [0.1, 0.15) is 93.4 Å². The summed E-state index contributed by atoms with van der Waals surface area (Å²) in [5.74, 6) is 0.908. The Labute approximate surface area is 146 Å². The average Bonchev–Trinajstić information content (AvgIpc) is 2.45. The van der Waals surface area contributed by atoms with E-state index in [2.05, 4.69) is 60.4 Å². The highest BCUT2D eigenvalue weighted by atomic mass is 16.5. The summed E-state index contributed by atoms with van der Waals surface area (Å²) >= 11 is 0. The number of nitrogens with zero attached hydrogens (tertiary/aromatic N) is 1. The Bertz CT molecular complexity index is 351. The molecule has 0 saturated heterocycles. The van der Waals surface area contributed by atoms with Crippen LogP contribution in [0.2, 0.25) is 0 Å². The van der Waals surface area contributed by atoms with Crippen molar-refractivity contribution in [3.05, 3.63) is 0 Å². The number of rotatable bonds is 8. The van der Waals surface area contributed by atoms with E-state index < -0.39 is 0 Å². The van der Waals surface area contributed by atoms with Crippen molar-refractivity contribution in [2.45, 2.75) is 111 Å². The quantitative estimate of drug-likeness (QED) is 0.551. The highest BCUT2D eigenvalue weighted by Crippen LogP contribution is 2.43. The fourth-order valence-electron chi connectivity index (χ4n) is 4.83. The molecule has 0 aromatic heterocycles. The zero-order valence-electron chi connectivity index (χ0n) is 17.5. The second-order valence-corrected chi connectivity index (χ2v) is 9.81. The molecule has 1 aliphatic rings. The van der Waals surface area contributed by atoms with Gasteiger partial charge in [0.25, 0.3) is 0 Å². The van der Waals surface area contributed by atoms with Crippen molar-refractivity contribution in [1.82, 2.24) is 4.90 Å². The molecule has 0 heterocycles. The molecule has 0 unspecified atom stereocenters. The van der Waals surface area contributed by atoms with Gasteiger partial charge in [-0.3, -0.25) is 4.90 Å². The largest absolute Gasteiger partial charge is 0.379 e. The number of hydrogen-bond donors (Lipinski definition) is 0. The van der Waals surface area contributed by atoms with Gasteiger partial charge >= 0.3 is 0 Å². The lowest BCUT2D eigenvalue weighted by Crippen LogP contribution is -2.52. The van der Waals surface area contributed by atoms with Crippen molar-refractivity contribution >= 4 is 0 Å². The van der Waals surface area contributed by atoms with Crippen LogP contribution >= 0.6 is 0 Å². The van der Waals surface area contributed by atoms with E-state index in [1.165, 1.54) is 38.5 Å². The van der Waals surface area contributed by atoms with Gasteiger partial charge < -0.3 is 4.74 Å². The van der Waals surface area contributed by atoms with E-state index in [0.717, 1.165) is 18.4 Å². The maximum Gasteiger partial charge on any atom is 0.0640 e. The molecule has 0 N–H and O–H groups in total. The molecule has 2 heteroatoms. The van der Waals surface area contributed by atoms with Gasteiger partial charge in [-0.2, -0.15) is 0 Å². The van der Waals surface area contributed by atoms with Gasteiger partial charge in [0.2, 0.25) is 0 Å². The van der Waals surface area contributed by atoms with E-state index in [1.807, 2.05) is 7.11 Å². The molecule has 1 rings (SSSR count). The minimum absolute atomic E-state index is 0.0575. The molecule has 0 aliphatic heterocycles. The van der Waals surface area contributed by atoms with Gasteiger partial charge in [-0.1, -0.05) is 27.2 Å². The second-order valence-electron chi connectivity index (χ2n) is 9.81. The Balaban J connectivity index is 2.62. The van der Waals surface area contributed by atoms with Crippen LogP contribution in [0.4, 0.5) is 0 Å². The van der Waals surface area contributed by atoms with Crippen LogP contribution in [-0.4, -0.2) is 36.2 Å². The van der Waals surface area contributed by atoms with Crippen LogP contribution in [0.15, 0.2) is 0 Å². The Morgan fingerprint density at radius 1 is 0.957 bits per heavy atom. The molecule has 0 amide bonds. The summed E-state index contributed by atoms with van der Waals surface area (Å²) in [7, 11) is 4.16. The lowest BCUT2D eigenvalue weighted by atomic mass is 9.67. The summed E-state index contributed by atoms with van der Waals surface area (Å²) in [6.07, 6.45) is 9.24. The highest BCUT2D eigenvalue weighted by molar-refractivity contribution is 4.93. The first-order valence-electron chi connectivity index (χ1n) is 9.73. The third kappa shape index (κ3) is 5.74. The minimum Gasteiger partial charge on any atom is -0.379 e. The Hall–Kier alpha value is -0.0800. The van der Waals surface area contributed by atoms with Gasteiger partial charge in [-0.15, -0.1) is 0 Å². The average molecular weight is 326 g/mol. The van der Waals surface area contributed by atoms with E-state index >= 15 is 0 Å². The van der Waals surface area contributed by atoms with Crippen molar-refractivity contribution in [3.8, 4) is 0 Å². The molecule has 0 atom stereocenters. The van der Waals surface area contributed by atoms with Crippen LogP contribution < -0.4 is 0 Å². The maximum absolute atomic E-state index is 5.67. The third-order valence-electron chi connectivity index (χ3n) is 6.61. The smallest absolute Gasteiger partial charge is 0.0640 e. The van der Waals surface area contributed by atoms with Gasteiger partial charge in [0.15, 0.2) is 0 Å². The van der Waals surface area contributed by atoms with Gasteiger partial charge in [0.05, 0.1) is 5.60 Å².